The van der Waals surface area contributed by atoms with Gasteiger partial charge in [0.25, 0.3) is 0 Å². The predicted octanol–water partition coefficient (Wildman–Crippen LogP) is 0.167. The molecular weight excluding hydrogens is 242 g/mol. The summed E-state index contributed by atoms with van der Waals surface area (Å²) >= 11 is 0. The van der Waals surface area contributed by atoms with E-state index in [1.165, 1.54) is 12.8 Å². The third-order valence-corrected chi connectivity index (χ3v) is 4.14. The molecule has 110 valence electrons. The molecule has 2 rings (SSSR count). The maximum atomic E-state index is 12.2. The number of morpholine rings is 1. The van der Waals surface area contributed by atoms with E-state index in [4.69, 9.17) is 4.74 Å². The summed E-state index contributed by atoms with van der Waals surface area (Å²) < 4.78 is 5.29. The number of nitrogens with zero attached hydrogens (tertiary/aromatic N) is 2. The number of likely N-dealkylation sites (N-methyl/N-ethyl adjacent to an activating group) is 1. The van der Waals surface area contributed by atoms with Crippen molar-refractivity contribution >= 4 is 5.91 Å². The fraction of sp³-hybridized carbons (Fsp3) is 0.929. The normalized spacial score (nSPS) is 21.9. The summed E-state index contributed by atoms with van der Waals surface area (Å²) in [6.45, 7) is 9.87. The molecule has 0 aromatic carbocycles. The number of hydrogen-bond donors (Lipinski definition) is 1. The first kappa shape index (κ1) is 14.8. The second-order valence-corrected chi connectivity index (χ2v) is 5.51. The number of ether oxygens (including phenoxy) is 1. The van der Waals surface area contributed by atoms with Crippen molar-refractivity contribution in [2.75, 3.05) is 59.0 Å². The Morgan fingerprint density at radius 1 is 1.32 bits per heavy atom. The molecule has 0 bridgehead atoms. The Labute approximate surface area is 116 Å². The van der Waals surface area contributed by atoms with Crippen LogP contribution in [0, 0.1) is 5.92 Å². The molecule has 2 aliphatic heterocycles. The van der Waals surface area contributed by atoms with E-state index in [0.717, 1.165) is 45.2 Å². The third-order valence-electron chi connectivity index (χ3n) is 4.14. The van der Waals surface area contributed by atoms with Crippen LogP contribution in [-0.4, -0.2) is 74.7 Å². The molecule has 1 amide bonds. The van der Waals surface area contributed by atoms with Crippen molar-refractivity contribution in [2.45, 2.75) is 19.8 Å². The van der Waals surface area contributed by atoms with Gasteiger partial charge in [-0.1, -0.05) is 6.92 Å². The van der Waals surface area contributed by atoms with Gasteiger partial charge in [-0.2, -0.15) is 0 Å². The van der Waals surface area contributed by atoms with Crippen LogP contribution >= 0.6 is 0 Å². The first-order valence-corrected chi connectivity index (χ1v) is 7.58. The van der Waals surface area contributed by atoms with Crippen LogP contribution in [0.15, 0.2) is 0 Å². The minimum atomic E-state index is 0.263. The summed E-state index contributed by atoms with van der Waals surface area (Å²) in [4.78, 5) is 16.5. The lowest BCUT2D eigenvalue weighted by Crippen LogP contribution is -2.47. The summed E-state index contributed by atoms with van der Waals surface area (Å²) in [6.07, 6.45) is 2.48. The number of rotatable bonds is 5. The molecule has 2 saturated heterocycles. The van der Waals surface area contributed by atoms with Crippen LogP contribution in [0.2, 0.25) is 0 Å². The zero-order chi connectivity index (χ0) is 13.5. The molecular formula is C14H27N3O2. The van der Waals surface area contributed by atoms with Crippen LogP contribution < -0.4 is 5.32 Å². The fourth-order valence-corrected chi connectivity index (χ4v) is 2.84. The molecule has 2 fully saturated rings. The maximum absolute atomic E-state index is 12.2. The summed E-state index contributed by atoms with van der Waals surface area (Å²) in [5.41, 5.74) is 0. The topological polar surface area (TPSA) is 44.8 Å². The second-order valence-electron chi connectivity index (χ2n) is 5.51. The minimum absolute atomic E-state index is 0.263. The number of nitrogens with one attached hydrogen (secondary N) is 1. The average molecular weight is 269 g/mol. The standard InChI is InChI=1S/C14H27N3O2/c1-2-16(11-13-3-5-15-6-4-13)12-14(18)17-7-9-19-10-8-17/h13,15H,2-12H2,1H3. The van der Waals surface area contributed by atoms with Gasteiger partial charge in [-0.25, -0.2) is 0 Å². The van der Waals surface area contributed by atoms with Crippen molar-refractivity contribution in [3.05, 3.63) is 0 Å². The van der Waals surface area contributed by atoms with Gasteiger partial charge < -0.3 is 15.0 Å². The highest BCUT2D eigenvalue weighted by Crippen LogP contribution is 2.13. The highest BCUT2D eigenvalue weighted by Gasteiger charge is 2.21. The zero-order valence-corrected chi connectivity index (χ0v) is 12.1. The monoisotopic (exact) mass is 269 g/mol. The van der Waals surface area contributed by atoms with E-state index in [0.29, 0.717) is 19.8 Å². The van der Waals surface area contributed by atoms with Crippen LogP contribution in [0.3, 0.4) is 0 Å². The molecule has 19 heavy (non-hydrogen) atoms. The Kier molecular flexibility index (Phi) is 6.07. The largest absolute Gasteiger partial charge is 0.378 e. The SMILES string of the molecule is CCN(CC(=O)N1CCOCC1)CC1CCNCC1. The third kappa shape index (κ3) is 4.75. The van der Waals surface area contributed by atoms with Crippen LogP contribution in [0.1, 0.15) is 19.8 Å². The number of carbonyl (C=O) groups is 1. The first-order chi connectivity index (χ1) is 9.29. The first-order valence-electron chi connectivity index (χ1n) is 7.58. The smallest absolute Gasteiger partial charge is 0.236 e. The van der Waals surface area contributed by atoms with Gasteiger partial charge in [0, 0.05) is 19.6 Å². The van der Waals surface area contributed by atoms with Gasteiger partial charge in [-0.3, -0.25) is 9.69 Å². The number of piperidine rings is 1. The molecule has 0 aromatic rings. The van der Waals surface area contributed by atoms with Gasteiger partial charge in [-0.15, -0.1) is 0 Å². The molecule has 0 atom stereocenters. The van der Waals surface area contributed by atoms with Crippen molar-refractivity contribution in [3.8, 4) is 0 Å². The Morgan fingerprint density at radius 2 is 2.00 bits per heavy atom. The molecule has 5 heteroatoms. The lowest BCUT2D eigenvalue weighted by molar-refractivity contribution is -0.136. The molecule has 2 heterocycles. The van der Waals surface area contributed by atoms with Gasteiger partial charge in [0.2, 0.25) is 5.91 Å². The van der Waals surface area contributed by atoms with Crippen molar-refractivity contribution in [1.82, 2.24) is 15.1 Å². The Hall–Kier alpha value is -0.650. The fourth-order valence-electron chi connectivity index (χ4n) is 2.84. The van der Waals surface area contributed by atoms with E-state index >= 15 is 0 Å². The number of amides is 1. The highest BCUT2D eigenvalue weighted by molar-refractivity contribution is 5.78. The Bertz CT molecular complexity index is 274. The van der Waals surface area contributed by atoms with Gasteiger partial charge in [-0.05, 0) is 38.4 Å². The summed E-state index contributed by atoms with van der Waals surface area (Å²) in [5, 5.41) is 3.39. The van der Waals surface area contributed by atoms with Crippen LogP contribution in [0.25, 0.3) is 0 Å². The average Bonchev–Trinajstić information content (AvgIpc) is 2.48. The number of hydrogen-bond acceptors (Lipinski definition) is 4. The molecule has 0 unspecified atom stereocenters. The van der Waals surface area contributed by atoms with Gasteiger partial charge >= 0.3 is 0 Å². The summed E-state index contributed by atoms with van der Waals surface area (Å²) in [7, 11) is 0. The summed E-state index contributed by atoms with van der Waals surface area (Å²) in [5.74, 6) is 1.01. The lowest BCUT2D eigenvalue weighted by atomic mass is 9.97. The van der Waals surface area contributed by atoms with E-state index in [9.17, 15) is 4.79 Å². The molecule has 0 aliphatic carbocycles. The number of carbonyl (C=O) groups excluding carboxylic acids is 1. The quantitative estimate of drug-likeness (QED) is 0.772. The van der Waals surface area contributed by atoms with E-state index in [2.05, 4.69) is 17.1 Å². The van der Waals surface area contributed by atoms with E-state index < -0.39 is 0 Å². The Morgan fingerprint density at radius 3 is 2.63 bits per heavy atom. The minimum Gasteiger partial charge on any atom is -0.378 e. The molecule has 0 saturated carbocycles. The highest BCUT2D eigenvalue weighted by atomic mass is 16.5. The molecule has 0 aromatic heterocycles. The van der Waals surface area contributed by atoms with E-state index in [-0.39, 0.29) is 5.91 Å². The summed E-state index contributed by atoms with van der Waals surface area (Å²) in [6, 6.07) is 0. The molecule has 0 spiro atoms. The van der Waals surface area contributed by atoms with Gasteiger partial charge in [0.1, 0.15) is 0 Å². The van der Waals surface area contributed by atoms with Gasteiger partial charge in [0.05, 0.1) is 19.8 Å². The van der Waals surface area contributed by atoms with E-state index in [1.54, 1.807) is 0 Å². The molecule has 0 radical (unpaired) electrons. The van der Waals surface area contributed by atoms with Crippen LogP contribution in [0.5, 0.6) is 0 Å². The van der Waals surface area contributed by atoms with E-state index in [1.807, 2.05) is 4.90 Å². The molecule has 5 nitrogen and oxygen atoms in total. The second kappa shape index (κ2) is 7.82. The molecule has 1 N–H and O–H groups in total. The van der Waals surface area contributed by atoms with Crippen molar-refractivity contribution in [2.24, 2.45) is 5.92 Å². The van der Waals surface area contributed by atoms with Crippen molar-refractivity contribution < 1.29 is 9.53 Å². The predicted molar refractivity (Wildman–Crippen MR) is 75.1 cm³/mol. The van der Waals surface area contributed by atoms with Crippen molar-refractivity contribution in [3.63, 3.8) is 0 Å². The maximum Gasteiger partial charge on any atom is 0.236 e. The van der Waals surface area contributed by atoms with Crippen LogP contribution in [-0.2, 0) is 9.53 Å². The van der Waals surface area contributed by atoms with Gasteiger partial charge in [0.15, 0.2) is 0 Å². The zero-order valence-electron chi connectivity index (χ0n) is 12.1. The van der Waals surface area contributed by atoms with Crippen molar-refractivity contribution in [1.29, 1.82) is 0 Å². The van der Waals surface area contributed by atoms with Crippen LogP contribution in [0.4, 0.5) is 0 Å². The molecule has 2 aliphatic rings. The lowest BCUT2D eigenvalue weighted by Gasteiger charge is -2.32. The Balaban J connectivity index is 1.75.